The van der Waals surface area contributed by atoms with Gasteiger partial charge in [-0.25, -0.2) is 13.6 Å². The van der Waals surface area contributed by atoms with Gasteiger partial charge in [0.1, 0.15) is 17.4 Å². The minimum atomic E-state index is -0.477. The maximum atomic E-state index is 13.2. The van der Waals surface area contributed by atoms with Crippen LogP contribution in [0.2, 0.25) is 0 Å². The average Bonchev–Trinajstić information content (AvgIpc) is 3.08. The molecule has 1 heterocycles. The molecule has 1 N–H and O–H groups in total. The van der Waals surface area contributed by atoms with E-state index in [0.717, 1.165) is 5.56 Å². The van der Waals surface area contributed by atoms with Crippen molar-refractivity contribution < 1.29 is 18.3 Å². The van der Waals surface area contributed by atoms with Crippen LogP contribution in [0.4, 0.5) is 13.6 Å². The number of carbonyl (C=O) groups is 1. The molecule has 0 radical (unpaired) electrons. The van der Waals surface area contributed by atoms with E-state index in [2.05, 4.69) is 5.32 Å². The summed E-state index contributed by atoms with van der Waals surface area (Å²) in [6, 6.07) is 11.6. The lowest BCUT2D eigenvalue weighted by Gasteiger charge is -2.31. The molecule has 0 bridgehead atoms. The second-order valence-corrected chi connectivity index (χ2v) is 5.99. The van der Waals surface area contributed by atoms with Crippen LogP contribution in [0.3, 0.4) is 0 Å². The minimum absolute atomic E-state index is 0.0568. The van der Waals surface area contributed by atoms with Gasteiger partial charge in [0.2, 0.25) is 0 Å². The highest BCUT2D eigenvalue weighted by molar-refractivity contribution is 5.71. The lowest BCUT2D eigenvalue weighted by atomic mass is 9.93. The Balaban J connectivity index is 1.75. The van der Waals surface area contributed by atoms with Crippen molar-refractivity contribution in [2.24, 2.45) is 0 Å². The molecule has 2 unspecified atom stereocenters. The van der Waals surface area contributed by atoms with Gasteiger partial charge in [-0.3, -0.25) is 0 Å². The molecule has 2 aromatic rings. The van der Waals surface area contributed by atoms with E-state index in [1.807, 2.05) is 6.92 Å². The smallest absolute Gasteiger partial charge is 0.410 e. The molecule has 6 heteroatoms. The summed E-state index contributed by atoms with van der Waals surface area (Å²) in [5.41, 5.74) is 0.976. The first-order valence-corrected chi connectivity index (χ1v) is 8.28. The quantitative estimate of drug-likeness (QED) is 0.921. The van der Waals surface area contributed by atoms with E-state index in [0.29, 0.717) is 25.4 Å². The molecule has 1 saturated heterocycles. The third-order valence-electron chi connectivity index (χ3n) is 4.47. The summed E-state index contributed by atoms with van der Waals surface area (Å²) in [4.78, 5) is 14.2. The summed E-state index contributed by atoms with van der Waals surface area (Å²) in [5.74, 6) is -0.312. The Morgan fingerprint density at radius 1 is 1.08 bits per heavy atom. The third kappa shape index (κ3) is 3.96. The number of hydrogen-bond acceptors (Lipinski definition) is 3. The van der Waals surface area contributed by atoms with Crippen molar-refractivity contribution >= 4 is 6.09 Å². The largest absolute Gasteiger partial charge is 0.415 e. The van der Waals surface area contributed by atoms with E-state index in [1.54, 1.807) is 17.0 Å². The highest BCUT2D eigenvalue weighted by Crippen LogP contribution is 2.28. The molecule has 0 aliphatic carbocycles. The first-order chi connectivity index (χ1) is 12.1. The molecule has 0 spiro atoms. The lowest BCUT2D eigenvalue weighted by molar-refractivity contribution is 0.134. The minimum Gasteiger partial charge on any atom is -0.410 e. The predicted octanol–water partition coefficient (Wildman–Crippen LogP) is 3.54. The molecule has 1 aliphatic rings. The van der Waals surface area contributed by atoms with Crippen LogP contribution in [-0.2, 0) is 0 Å². The number of nitrogens with one attached hydrogen (secondary N) is 1. The van der Waals surface area contributed by atoms with Crippen molar-refractivity contribution in [1.82, 2.24) is 10.2 Å². The SMILES string of the molecule is CCN(C(=O)Oc1ccc(F)cc1)C1CNCC1c1ccc(F)cc1. The molecule has 2 aromatic carbocycles. The van der Waals surface area contributed by atoms with Gasteiger partial charge in [-0.05, 0) is 48.9 Å². The monoisotopic (exact) mass is 346 g/mol. The Hall–Kier alpha value is -2.47. The summed E-state index contributed by atoms with van der Waals surface area (Å²) in [6.45, 7) is 3.70. The Morgan fingerprint density at radius 2 is 1.68 bits per heavy atom. The molecular weight excluding hydrogens is 326 g/mol. The maximum Gasteiger partial charge on any atom is 0.415 e. The van der Waals surface area contributed by atoms with Gasteiger partial charge in [-0.15, -0.1) is 0 Å². The lowest BCUT2D eigenvalue weighted by Crippen LogP contribution is -2.45. The van der Waals surface area contributed by atoms with Crippen LogP contribution < -0.4 is 10.1 Å². The van der Waals surface area contributed by atoms with Crippen LogP contribution >= 0.6 is 0 Å². The number of amides is 1. The first-order valence-electron chi connectivity index (χ1n) is 8.28. The second kappa shape index (κ2) is 7.61. The van der Waals surface area contributed by atoms with Crippen LogP contribution in [0.5, 0.6) is 5.75 Å². The number of likely N-dealkylation sites (N-methyl/N-ethyl adjacent to an activating group) is 1. The van der Waals surface area contributed by atoms with Crippen LogP contribution in [0.15, 0.2) is 48.5 Å². The third-order valence-corrected chi connectivity index (χ3v) is 4.47. The Bertz CT molecular complexity index is 719. The fraction of sp³-hybridized carbons (Fsp3) is 0.316. The zero-order valence-corrected chi connectivity index (χ0v) is 13.9. The number of hydrogen-bond donors (Lipinski definition) is 1. The van der Waals surface area contributed by atoms with E-state index in [1.165, 1.54) is 36.4 Å². The summed E-state index contributed by atoms with van der Waals surface area (Å²) in [7, 11) is 0. The number of nitrogens with zero attached hydrogens (tertiary/aromatic N) is 1. The Labute approximate surface area is 145 Å². The number of ether oxygens (including phenoxy) is 1. The fourth-order valence-corrected chi connectivity index (χ4v) is 3.20. The van der Waals surface area contributed by atoms with Crippen molar-refractivity contribution in [2.75, 3.05) is 19.6 Å². The molecule has 4 nitrogen and oxygen atoms in total. The van der Waals surface area contributed by atoms with Crippen LogP contribution in [0, 0.1) is 11.6 Å². The van der Waals surface area contributed by atoms with Gasteiger partial charge < -0.3 is 15.0 Å². The molecule has 132 valence electrons. The molecule has 3 rings (SSSR count). The van der Waals surface area contributed by atoms with Gasteiger partial charge >= 0.3 is 6.09 Å². The van der Waals surface area contributed by atoms with Gasteiger partial charge in [0.15, 0.2) is 0 Å². The summed E-state index contributed by atoms with van der Waals surface area (Å²) >= 11 is 0. The van der Waals surface area contributed by atoms with Gasteiger partial charge in [0.25, 0.3) is 0 Å². The molecule has 1 amide bonds. The molecule has 1 fully saturated rings. The van der Waals surface area contributed by atoms with Crippen molar-refractivity contribution in [2.45, 2.75) is 18.9 Å². The van der Waals surface area contributed by atoms with Crippen molar-refractivity contribution in [1.29, 1.82) is 0 Å². The number of halogens is 2. The van der Waals surface area contributed by atoms with E-state index in [4.69, 9.17) is 4.74 Å². The van der Waals surface area contributed by atoms with E-state index >= 15 is 0 Å². The van der Waals surface area contributed by atoms with Gasteiger partial charge in [0.05, 0.1) is 6.04 Å². The highest BCUT2D eigenvalue weighted by atomic mass is 19.1. The van der Waals surface area contributed by atoms with Gasteiger partial charge in [-0.2, -0.15) is 0 Å². The maximum absolute atomic E-state index is 13.2. The standard InChI is InChI=1S/C19H20F2N2O2/c1-2-23(19(24)25-16-9-7-15(21)8-10-16)18-12-22-11-17(18)13-3-5-14(20)6-4-13/h3-10,17-18,22H,2,11-12H2,1H3. The molecule has 0 aromatic heterocycles. The summed E-state index contributed by atoms with van der Waals surface area (Å²) in [5, 5.41) is 3.28. The van der Waals surface area contributed by atoms with E-state index < -0.39 is 6.09 Å². The summed E-state index contributed by atoms with van der Waals surface area (Å²) in [6.07, 6.45) is -0.477. The number of carbonyl (C=O) groups excluding carboxylic acids is 1. The number of benzene rings is 2. The predicted molar refractivity (Wildman–Crippen MR) is 90.6 cm³/mol. The molecule has 2 atom stereocenters. The Kier molecular flexibility index (Phi) is 5.28. The number of rotatable bonds is 4. The molecule has 25 heavy (non-hydrogen) atoms. The van der Waals surface area contributed by atoms with Crippen molar-refractivity contribution in [3.05, 3.63) is 65.7 Å². The van der Waals surface area contributed by atoms with Gasteiger partial charge in [-0.1, -0.05) is 12.1 Å². The average molecular weight is 346 g/mol. The van der Waals surface area contributed by atoms with Crippen LogP contribution in [0.1, 0.15) is 18.4 Å². The van der Waals surface area contributed by atoms with Gasteiger partial charge in [0, 0.05) is 25.6 Å². The Morgan fingerprint density at radius 3 is 2.28 bits per heavy atom. The van der Waals surface area contributed by atoms with Crippen molar-refractivity contribution in [3.63, 3.8) is 0 Å². The second-order valence-electron chi connectivity index (χ2n) is 5.99. The molecule has 1 aliphatic heterocycles. The highest BCUT2D eigenvalue weighted by Gasteiger charge is 2.35. The van der Waals surface area contributed by atoms with E-state index in [9.17, 15) is 13.6 Å². The topological polar surface area (TPSA) is 41.6 Å². The zero-order valence-electron chi connectivity index (χ0n) is 13.9. The van der Waals surface area contributed by atoms with Crippen LogP contribution in [0.25, 0.3) is 0 Å². The summed E-state index contributed by atoms with van der Waals surface area (Å²) < 4.78 is 31.5. The molecular formula is C19H20F2N2O2. The first kappa shape index (κ1) is 17.4. The zero-order chi connectivity index (χ0) is 17.8. The van der Waals surface area contributed by atoms with E-state index in [-0.39, 0.29) is 23.6 Å². The van der Waals surface area contributed by atoms with Crippen LogP contribution in [-0.4, -0.2) is 36.7 Å². The normalized spacial score (nSPS) is 19.6. The van der Waals surface area contributed by atoms with Crippen molar-refractivity contribution in [3.8, 4) is 5.75 Å². The fourth-order valence-electron chi connectivity index (χ4n) is 3.20. The molecule has 0 saturated carbocycles.